The Morgan fingerprint density at radius 1 is 1.45 bits per heavy atom. The second-order valence-electron chi connectivity index (χ2n) is 5.65. The van der Waals surface area contributed by atoms with Crippen LogP contribution in [0.3, 0.4) is 0 Å². The zero-order valence-corrected chi connectivity index (χ0v) is 12.5. The molecular formula is C16H18N4O2. The highest BCUT2D eigenvalue weighted by atomic mass is 16.1. The number of nitrogens with zero attached hydrogens (tertiary/aromatic N) is 3. The fraction of sp³-hybridized carbons (Fsp3) is 0.438. The molecule has 1 fully saturated rings. The quantitative estimate of drug-likeness (QED) is 0.918. The maximum Gasteiger partial charge on any atom is 0.266 e. The van der Waals surface area contributed by atoms with Gasteiger partial charge in [-0.1, -0.05) is 6.92 Å². The zero-order chi connectivity index (χ0) is 15.7. The Bertz CT molecular complexity index is 859. The molecule has 3 heterocycles. The number of aromatic nitrogens is 2. The molecule has 0 amide bonds. The van der Waals surface area contributed by atoms with Gasteiger partial charge in [0.25, 0.3) is 11.1 Å². The van der Waals surface area contributed by atoms with E-state index < -0.39 is 5.56 Å². The molecule has 6 nitrogen and oxygen atoms in total. The number of nitrogens with one attached hydrogen (secondary N) is 1. The highest BCUT2D eigenvalue weighted by molar-refractivity contribution is 5.78. The van der Waals surface area contributed by atoms with Crippen molar-refractivity contribution in [3.63, 3.8) is 0 Å². The molecule has 0 radical (unpaired) electrons. The first kappa shape index (κ1) is 14.5. The maximum atomic E-state index is 12.6. The Labute approximate surface area is 127 Å². The van der Waals surface area contributed by atoms with E-state index in [2.05, 4.69) is 16.8 Å². The lowest BCUT2D eigenvalue weighted by Gasteiger charge is -2.23. The van der Waals surface area contributed by atoms with Gasteiger partial charge in [-0.05, 0) is 38.1 Å². The molecule has 0 spiro atoms. The molecule has 1 atom stereocenters. The van der Waals surface area contributed by atoms with Gasteiger partial charge < -0.3 is 9.55 Å². The molecule has 6 heteroatoms. The first-order valence-electron chi connectivity index (χ1n) is 7.54. The summed E-state index contributed by atoms with van der Waals surface area (Å²) in [5.74, 6) is 0. The molecule has 0 aliphatic carbocycles. The van der Waals surface area contributed by atoms with E-state index in [1.54, 1.807) is 16.8 Å². The molecule has 1 aliphatic heterocycles. The summed E-state index contributed by atoms with van der Waals surface area (Å²) in [4.78, 5) is 29.2. The number of pyridine rings is 2. The van der Waals surface area contributed by atoms with Crippen LogP contribution in [0.2, 0.25) is 0 Å². The monoisotopic (exact) mass is 298 g/mol. The van der Waals surface area contributed by atoms with E-state index >= 15 is 0 Å². The summed E-state index contributed by atoms with van der Waals surface area (Å²) < 4.78 is 1.68. The topological polar surface area (TPSA) is 81.9 Å². The molecule has 22 heavy (non-hydrogen) atoms. The van der Waals surface area contributed by atoms with Gasteiger partial charge in [-0.15, -0.1) is 0 Å². The predicted octanol–water partition coefficient (Wildman–Crippen LogP) is 1.05. The third kappa shape index (κ3) is 2.44. The van der Waals surface area contributed by atoms with Crippen LogP contribution in [0.4, 0.5) is 0 Å². The number of likely N-dealkylation sites (N-methyl/N-ethyl adjacent to an activating group) is 1. The smallest absolute Gasteiger partial charge is 0.266 e. The Hall–Kier alpha value is -2.39. The number of likely N-dealkylation sites (tertiary alicyclic amines) is 1. The van der Waals surface area contributed by atoms with Gasteiger partial charge in [-0.2, -0.15) is 5.26 Å². The van der Waals surface area contributed by atoms with E-state index in [0.717, 1.165) is 25.9 Å². The standard InChI is InChI=1S/C16H18N4O2/c1-2-19-6-3-4-12(19)10-20-7-5-14-13(16(20)22)8-11(9-17)15(21)18-14/h5,7-8,12H,2-4,6,10H2,1H3,(H,18,21)/t12-/m1/s1. The molecule has 3 rings (SSSR count). The highest BCUT2D eigenvalue weighted by Crippen LogP contribution is 2.18. The highest BCUT2D eigenvalue weighted by Gasteiger charge is 2.23. The van der Waals surface area contributed by atoms with Crippen LogP contribution in [0.1, 0.15) is 25.3 Å². The number of aromatic amines is 1. The van der Waals surface area contributed by atoms with Crippen LogP contribution in [0.25, 0.3) is 10.9 Å². The number of fused-ring (bicyclic) bond motifs is 1. The molecule has 0 saturated carbocycles. The first-order valence-corrected chi connectivity index (χ1v) is 7.54. The average Bonchev–Trinajstić information content (AvgIpc) is 2.97. The number of hydrogen-bond donors (Lipinski definition) is 1. The van der Waals surface area contributed by atoms with Gasteiger partial charge >= 0.3 is 0 Å². The Morgan fingerprint density at radius 2 is 2.27 bits per heavy atom. The van der Waals surface area contributed by atoms with E-state index in [0.29, 0.717) is 23.5 Å². The van der Waals surface area contributed by atoms with E-state index in [9.17, 15) is 9.59 Å². The third-order valence-electron chi connectivity index (χ3n) is 4.42. The van der Waals surface area contributed by atoms with Gasteiger partial charge in [0.05, 0.1) is 10.9 Å². The van der Waals surface area contributed by atoms with Gasteiger partial charge in [0.1, 0.15) is 11.6 Å². The van der Waals surface area contributed by atoms with Crippen LogP contribution >= 0.6 is 0 Å². The van der Waals surface area contributed by atoms with Crippen molar-refractivity contribution >= 4 is 10.9 Å². The van der Waals surface area contributed by atoms with Crippen molar-refractivity contribution in [2.75, 3.05) is 13.1 Å². The summed E-state index contributed by atoms with van der Waals surface area (Å²) in [6, 6.07) is 5.31. The lowest BCUT2D eigenvalue weighted by molar-refractivity contribution is 0.243. The number of H-pyrrole nitrogens is 1. The van der Waals surface area contributed by atoms with Crippen LogP contribution in [0.15, 0.2) is 27.9 Å². The minimum atomic E-state index is -0.458. The summed E-state index contributed by atoms with van der Waals surface area (Å²) in [6.45, 7) is 4.84. The molecule has 0 unspecified atom stereocenters. The van der Waals surface area contributed by atoms with Crippen LogP contribution in [0, 0.1) is 11.3 Å². The molecular weight excluding hydrogens is 280 g/mol. The molecule has 2 aromatic heterocycles. The molecule has 0 bridgehead atoms. The second kappa shape index (κ2) is 5.78. The SMILES string of the molecule is CCN1CCC[C@@H]1Cn1ccc2[nH]c(=O)c(C#N)cc2c1=O. The average molecular weight is 298 g/mol. The van der Waals surface area contributed by atoms with Crippen molar-refractivity contribution in [1.29, 1.82) is 5.26 Å². The van der Waals surface area contributed by atoms with Crippen molar-refractivity contribution in [2.45, 2.75) is 32.4 Å². The van der Waals surface area contributed by atoms with Gasteiger partial charge in [0.2, 0.25) is 0 Å². The lowest BCUT2D eigenvalue weighted by atomic mass is 10.2. The second-order valence-corrected chi connectivity index (χ2v) is 5.65. The molecule has 2 aromatic rings. The fourth-order valence-electron chi connectivity index (χ4n) is 3.21. The van der Waals surface area contributed by atoms with Gasteiger partial charge in [-0.25, -0.2) is 0 Å². The van der Waals surface area contributed by atoms with Crippen molar-refractivity contribution in [3.8, 4) is 6.07 Å². The molecule has 0 aromatic carbocycles. The number of hydrogen-bond acceptors (Lipinski definition) is 4. The van der Waals surface area contributed by atoms with Gasteiger partial charge in [-0.3, -0.25) is 14.5 Å². The fourth-order valence-corrected chi connectivity index (χ4v) is 3.21. The summed E-state index contributed by atoms with van der Waals surface area (Å²) in [6.07, 6.45) is 3.97. The van der Waals surface area contributed by atoms with Gasteiger partial charge in [0.15, 0.2) is 0 Å². The van der Waals surface area contributed by atoms with Crippen LogP contribution in [-0.4, -0.2) is 33.6 Å². The predicted molar refractivity (Wildman–Crippen MR) is 83.8 cm³/mol. The number of nitriles is 1. The summed E-state index contributed by atoms with van der Waals surface area (Å²) in [5, 5.41) is 9.34. The van der Waals surface area contributed by atoms with Crippen molar-refractivity contribution in [1.82, 2.24) is 14.5 Å². The van der Waals surface area contributed by atoms with Crippen molar-refractivity contribution in [2.24, 2.45) is 0 Å². The minimum Gasteiger partial charge on any atom is -0.321 e. The first-order chi connectivity index (χ1) is 10.6. The van der Waals surface area contributed by atoms with E-state index in [-0.39, 0.29) is 11.1 Å². The Kier molecular flexibility index (Phi) is 3.82. The van der Waals surface area contributed by atoms with E-state index in [1.807, 2.05) is 6.07 Å². The molecule has 1 N–H and O–H groups in total. The third-order valence-corrected chi connectivity index (χ3v) is 4.42. The molecule has 1 aliphatic rings. The van der Waals surface area contributed by atoms with Crippen LogP contribution in [-0.2, 0) is 6.54 Å². The Balaban J connectivity index is 2.03. The Morgan fingerprint density at radius 3 is 3.00 bits per heavy atom. The normalized spacial score (nSPS) is 18.6. The minimum absolute atomic E-state index is 0.0293. The van der Waals surface area contributed by atoms with E-state index in [1.165, 1.54) is 6.07 Å². The zero-order valence-electron chi connectivity index (χ0n) is 12.5. The lowest BCUT2D eigenvalue weighted by Crippen LogP contribution is -2.36. The summed E-state index contributed by atoms with van der Waals surface area (Å²) in [5.41, 5.74) is -0.171. The van der Waals surface area contributed by atoms with Crippen LogP contribution < -0.4 is 11.1 Å². The van der Waals surface area contributed by atoms with Gasteiger partial charge in [0, 0.05) is 18.8 Å². The molecule has 1 saturated heterocycles. The number of rotatable bonds is 3. The summed E-state index contributed by atoms with van der Waals surface area (Å²) >= 11 is 0. The van der Waals surface area contributed by atoms with E-state index in [4.69, 9.17) is 5.26 Å². The molecule has 114 valence electrons. The largest absolute Gasteiger partial charge is 0.321 e. The van der Waals surface area contributed by atoms with Crippen molar-refractivity contribution in [3.05, 3.63) is 44.6 Å². The van der Waals surface area contributed by atoms with Crippen molar-refractivity contribution < 1.29 is 0 Å². The summed E-state index contributed by atoms with van der Waals surface area (Å²) in [7, 11) is 0. The van der Waals surface area contributed by atoms with Crippen LogP contribution in [0.5, 0.6) is 0 Å². The maximum absolute atomic E-state index is 12.6.